The minimum Gasteiger partial charge on any atom is -0.465 e. The Balaban J connectivity index is 1.71. The first-order valence-electron chi connectivity index (χ1n) is 9.95. The highest BCUT2D eigenvalue weighted by Gasteiger charge is 2.47. The fourth-order valence-electron chi connectivity index (χ4n) is 4.54. The number of halogens is 1. The lowest BCUT2D eigenvalue weighted by atomic mass is 9.79. The van der Waals surface area contributed by atoms with Gasteiger partial charge in [-0.25, -0.2) is 9.18 Å². The van der Waals surface area contributed by atoms with E-state index >= 15 is 0 Å². The lowest BCUT2D eigenvalue weighted by molar-refractivity contribution is -0.117. The molecule has 1 aliphatic heterocycles. The molecule has 1 amide bonds. The molecule has 1 aliphatic carbocycles. The number of esters is 1. The predicted molar refractivity (Wildman–Crippen MR) is 109 cm³/mol. The zero-order chi connectivity index (χ0) is 20.7. The normalized spacial score (nSPS) is 23.3. The van der Waals surface area contributed by atoms with E-state index in [4.69, 9.17) is 4.74 Å². The fraction of sp³-hybridized carbons (Fsp3) is 0.391. The first-order chi connectivity index (χ1) is 13.9. The van der Waals surface area contributed by atoms with Crippen LogP contribution in [0.5, 0.6) is 0 Å². The molecule has 1 N–H and O–H groups in total. The molecule has 0 bridgehead atoms. The number of hydrogen-bond donors (Lipinski definition) is 1. The molecule has 4 rings (SSSR count). The van der Waals surface area contributed by atoms with Gasteiger partial charge in [-0.15, -0.1) is 0 Å². The molecular weight excluding hydrogens is 371 g/mol. The van der Waals surface area contributed by atoms with Crippen molar-refractivity contribution in [2.45, 2.75) is 38.8 Å². The Morgan fingerprint density at radius 1 is 1.14 bits per heavy atom. The molecular formula is C23H25FN2O3. The number of nitrogens with one attached hydrogen (secondary N) is 1. The van der Waals surface area contributed by atoms with Crippen molar-refractivity contribution >= 4 is 23.3 Å². The summed E-state index contributed by atoms with van der Waals surface area (Å²) in [5, 5.41) is 3.51. The average molecular weight is 396 g/mol. The van der Waals surface area contributed by atoms with E-state index in [1.54, 1.807) is 25.1 Å². The third-order valence-corrected chi connectivity index (χ3v) is 6.02. The summed E-state index contributed by atoms with van der Waals surface area (Å²) in [5.74, 6) is -0.153. The second kappa shape index (κ2) is 7.50. The van der Waals surface area contributed by atoms with Gasteiger partial charge in [-0.05, 0) is 61.2 Å². The molecule has 29 heavy (non-hydrogen) atoms. The molecule has 1 fully saturated rings. The number of amides is 1. The van der Waals surface area contributed by atoms with Crippen LogP contribution in [0.2, 0.25) is 0 Å². The van der Waals surface area contributed by atoms with Crippen molar-refractivity contribution in [3.8, 4) is 0 Å². The number of rotatable bonds is 4. The van der Waals surface area contributed by atoms with Gasteiger partial charge in [0.05, 0.1) is 18.7 Å². The molecule has 2 aliphatic rings. The maximum absolute atomic E-state index is 14.1. The molecule has 2 aromatic carbocycles. The van der Waals surface area contributed by atoms with E-state index in [-0.39, 0.29) is 35.7 Å². The number of nitrogens with zero attached hydrogens (tertiary/aromatic N) is 1. The Hall–Kier alpha value is -2.89. The van der Waals surface area contributed by atoms with E-state index in [1.807, 2.05) is 17.0 Å². The molecule has 0 radical (unpaired) electrons. The number of anilines is 2. The molecule has 2 aromatic rings. The Morgan fingerprint density at radius 3 is 2.41 bits per heavy atom. The maximum atomic E-state index is 14.1. The summed E-state index contributed by atoms with van der Waals surface area (Å²) in [6.45, 7) is 3.70. The van der Waals surface area contributed by atoms with Crippen LogP contribution >= 0.6 is 0 Å². The minimum absolute atomic E-state index is 0.0116. The number of methoxy groups -OCH3 is 1. The number of ether oxygens (including phenoxy) is 1. The van der Waals surface area contributed by atoms with Crippen LogP contribution in [0.1, 0.15) is 48.7 Å². The monoisotopic (exact) mass is 396 g/mol. The Labute approximate surface area is 169 Å². The maximum Gasteiger partial charge on any atom is 0.337 e. The van der Waals surface area contributed by atoms with Crippen molar-refractivity contribution in [1.29, 1.82) is 0 Å². The van der Waals surface area contributed by atoms with Gasteiger partial charge in [0.2, 0.25) is 5.91 Å². The summed E-state index contributed by atoms with van der Waals surface area (Å²) in [5.41, 5.74) is 2.86. The summed E-state index contributed by atoms with van der Waals surface area (Å²) in [6.07, 6.45) is 2.21. The second-order valence-electron chi connectivity index (χ2n) is 7.97. The molecule has 1 saturated carbocycles. The molecule has 152 valence electrons. The van der Waals surface area contributed by atoms with Crippen LogP contribution in [0.15, 0.2) is 42.5 Å². The highest BCUT2D eigenvalue weighted by atomic mass is 19.1. The largest absolute Gasteiger partial charge is 0.465 e. The van der Waals surface area contributed by atoms with Crippen LogP contribution < -0.4 is 10.2 Å². The molecule has 0 aromatic heterocycles. The molecule has 1 heterocycles. The van der Waals surface area contributed by atoms with Gasteiger partial charge in [-0.3, -0.25) is 4.79 Å². The fourth-order valence-corrected chi connectivity index (χ4v) is 4.54. The average Bonchev–Trinajstić information content (AvgIpc) is 3.54. The lowest BCUT2D eigenvalue weighted by Crippen LogP contribution is -2.51. The number of carbonyl (C=O) groups excluding carboxylic acids is 2. The molecule has 6 heteroatoms. The smallest absolute Gasteiger partial charge is 0.337 e. The van der Waals surface area contributed by atoms with Gasteiger partial charge >= 0.3 is 5.97 Å². The highest BCUT2D eigenvalue weighted by Crippen LogP contribution is 2.50. The number of fused-ring (bicyclic) bond motifs is 1. The first kappa shape index (κ1) is 19.4. The van der Waals surface area contributed by atoms with E-state index in [9.17, 15) is 14.0 Å². The van der Waals surface area contributed by atoms with Crippen LogP contribution in [0, 0.1) is 17.7 Å². The SMILES string of the molecule is COC(=O)c1ccc(N[C@H]2c3cc(F)ccc3N(C(C)=O)[C@H](C3CC3)[C@@H]2C)cc1. The van der Waals surface area contributed by atoms with E-state index in [2.05, 4.69) is 12.2 Å². The van der Waals surface area contributed by atoms with Gasteiger partial charge in [0.25, 0.3) is 0 Å². The topological polar surface area (TPSA) is 58.6 Å². The lowest BCUT2D eigenvalue weighted by Gasteiger charge is -2.46. The summed E-state index contributed by atoms with van der Waals surface area (Å²) in [6, 6.07) is 11.6. The number of hydrogen-bond acceptors (Lipinski definition) is 4. The molecule has 0 unspecified atom stereocenters. The van der Waals surface area contributed by atoms with Gasteiger partial charge in [0.15, 0.2) is 0 Å². The quantitative estimate of drug-likeness (QED) is 0.771. The van der Waals surface area contributed by atoms with Gasteiger partial charge in [0, 0.05) is 35.8 Å². The van der Waals surface area contributed by atoms with Crippen molar-refractivity contribution < 1.29 is 18.7 Å². The van der Waals surface area contributed by atoms with Gasteiger partial charge < -0.3 is 15.0 Å². The molecule has 0 saturated heterocycles. The Kier molecular flexibility index (Phi) is 5.03. The molecule has 3 atom stereocenters. The van der Waals surface area contributed by atoms with Crippen LogP contribution in [-0.4, -0.2) is 25.0 Å². The number of carbonyl (C=O) groups is 2. The Bertz CT molecular complexity index is 940. The minimum atomic E-state index is -0.388. The Morgan fingerprint density at radius 2 is 1.83 bits per heavy atom. The van der Waals surface area contributed by atoms with Crippen LogP contribution in [0.3, 0.4) is 0 Å². The first-order valence-corrected chi connectivity index (χ1v) is 9.95. The van der Waals surface area contributed by atoms with Crippen molar-refractivity contribution in [2.75, 3.05) is 17.3 Å². The van der Waals surface area contributed by atoms with Crippen molar-refractivity contribution in [3.63, 3.8) is 0 Å². The van der Waals surface area contributed by atoms with Crippen LogP contribution in [-0.2, 0) is 9.53 Å². The molecule has 0 spiro atoms. The van der Waals surface area contributed by atoms with E-state index in [0.29, 0.717) is 11.5 Å². The zero-order valence-electron chi connectivity index (χ0n) is 16.8. The van der Waals surface area contributed by atoms with Crippen molar-refractivity contribution in [3.05, 3.63) is 59.4 Å². The summed E-state index contributed by atoms with van der Waals surface area (Å²) >= 11 is 0. The van der Waals surface area contributed by atoms with E-state index < -0.39 is 0 Å². The predicted octanol–water partition coefficient (Wildman–Crippen LogP) is 4.55. The summed E-state index contributed by atoms with van der Waals surface area (Å²) in [7, 11) is 1.35. The van der Waals surface area contributed by atoms with Gasteiger partial charge in [0.1, 0.15) is 5.82 Å². The van der Waals surface area contributed by atoms with Crippen molar-refractivity contribution in [2.24, 2.45) is 11.8 Å². The van der Waals surface area contributed by atoms with E-state index in [1.165, 1.54) is 19.2 Å². The van der Waals surface area contributed by atoms with Gasteiger partial charge in [-0.2, -0.15) is 0 Å². The van der Waals surface area contributed by atoms with Gasteiger partial charge in [-0.1, -0.05) is 6.92 Å². The third-order valence-electron chi connectivity index (χ3n) is 6.02. The summed E-state index contributed by atoms with van der Waals surface area (Å²) < 4.78 is 18.9. The standard InChI is InChI=1S/C23H25FN2O3/c1-13-21(25-18-9-6-16(7-10-18)23(28)29-3)19-12-17(24)8-11-20(19)26(14(2)27)22(13)15-4-5-15/h6-13,15,21-22,25H,4-5H2,1-3H3/t13-,21-,22+/m1/s1. The van der Waals surface area contributed by atoms with E-state index in [0.717, 1.165) is 29.8 Å². The number of benzene rings is 2. The second-order valence-corrected chi connectivity index (χ2v) is 7.97. The highest BCUT2D eigenvalue weighted by molar-refractivity contribution is 5.94. The third kappa shape index (κ3) is 3.59. The van der Waals surface area contributed by atoms with Crippen LogP contribution in [0.25, 0.3) is 0 Å². The van der Waals surface area contributed by atoms with Crippen LogP contribution in [0.4, 0.5) is 15.8 Å². The zero-order valence-corrected chi connectivity index (χ0v) is 16.8. The summed E-state index contributed by atoms with van der Waals surface area (Å²) in [4.78, 5) is 26.0. The van der Waals surface area contributed by atoms with Crippen molar-refractivity contribution in [1.82, 2.24) is 0 Å². The molecule has 5 nitrogen and oxygen atoms in total.